The van der Waals surface area contributed by atoms with Crippen LogP contribution >= 0.6 is 0 Å². The Morgan fingerprint density at radius 2 is 1.52 bits per heavy atom. The number of rotatable bonds is 4. The Morgan fingerprint density at radius 3 is 2.31 bits per heavy atom. The highest BCUT2D eigenvalue weighted by Gasteiger charge is 2.23. The molecule has 0 bridgehead atoms. The van der Waals surface area contributed by atoms with E-state index in [9.17, 15) is 9.59 Å². The molecule has 29 heavy (non-hydrogen) atoms. The molecule has 5 nitrogen and oxygen atoms in total. The fourth-order valence-corrected chi connectivity index (χ4v) is 3.84. The van der Waals surface area contributed by atoms with Crippen LogP contribution in [0.2, 0.25) is 0 Å². The van der Waals surface area contributed by atoms with Crippen LogP contribution in [0.3, 0.4) is 0 Å². The first kappa shape index (κ1) is 19.2. The van der Waals surface area contributed by atoms with Crippen LogP contribution in [0.15, 0.2) is 72.8 Å². The van der Waals surface area contributed by atoms with Gasteiger partial charge in [0.05, 0.1) is 0 Å². The number of carbonyl (C=O) groups is 2. The quantitative estimate of drug-likeness (QED) is 0.673. The van der Waals surface area contributed by atoms with Gasteiger partial charge in [-0.2, -0.15) is 0 Å². The van der Waals surface area contributed by atoms with Gasteiger partial charge in [-0.25, -0.2) is 0 Å². The Morgan fingerprint density at radius 1 is 0.828 bits per heavy atom. The van der Waals surface area contributed by atoms with E-state index in [1.54, 1.807) is 0 Å². The SMILES string of the molecule is O=C(Nc1cccc2ccccc12)C(=O)NC1CCN(Cc2ccccc2)CC1. The standard InChI is InChI=1S/C24H25N3O2/c28-23(24(29)26-22-12-6-10-19-9-4-5-11-21(19)22)25-20-13-15-27(16-14-20)17-18-7-2-1-3-8-18/h1-12,20H,13-17H2,(H,25,28)(H,26,29). The Bertz CT molecular complexity index is 990. The minimum atomic E-state index is -0.618. The van der Waals surface area contributed by atoms with Gasteiger partial charge in [0.15, 0.2) is 0 Å². The van der Waals surface area contributed by atoms with Crippen molar-refractivity contribution in [3.05, 3.63) is 78.4 Å². The number of anilines is 1. The molecular formula is C24H25N3O2. The third-order valence-electron chi connectivity index (χ3n) is 5.42. The Labute approximate surface area is 170 Å². The van der Waals surface area contributed by atoms with E-state index < -0.39 is 11.8 Å². The lowest BCUT2D eigenvalue weighted by Gasteiger charge is -2.32. The zero-order valence-electron chi connectivity index (χ0n) is 16.3. The van der Waals surface area contributed by atoms with E-state index in [-0.39, 0.29) is 6.04 Å². The summed E-state index contributed by atoms with van der Waals surface area (Å²) in [4.78, 5) is 27.2. The van der Waals surface area contributed by atoms with Gasteiger partial charge >= 0.3 is 11.8 Å². The molecule has 0 aliphatic carbocycles. The predicted molar refractivity (Wildman–Crippen MR) is 115 cm³/mol. The van der Waals surface area contributed by atoms with Gasteiger partial charge in [0.1, 0.15) is 0 Å². The molecule has 0 spiro atoms. The van der Waals surface area contributed by atoms with Gasteiger partial charge in [-0.1, -0.05) is 66.7 Å². The van der Waals surface area contributed by atoms with Crippen LogP contribution in [0.25, 0.3) is 10.8 Å². The monoisotopic (exact) mass is 387 g/mol. The minimum Gasteiger partial charge on any atom is -0.345 e. The van der Waals surface area contributed by atoms with E-state index in [0.717, 1.165) is 43.2 Å². The van der Waals surface area contributed by atoms with Crippen LogP contribution < -0.4 is 10.6 Å². The molecule has 1 aliphatic heterocycles. The molecule has 1 fully saturated rings. The number of nitrogens with one attached hydrogen (secondary N) is 2. The summed E-state index contributed by atoms with van der Waals surface area (Å²) < 4.78 is 0. The number of piperidine rings is 1. The number of nitrogens with zero attached hydrogens (tertiary/aromatic N) is 1. The summed E-state index contributed by atoms with van der Waals surface area (Å²) in [6, 6.07) is 23.9. The van der Waals surface area contributed by atoms with E-state index in [4.69, 9.17) is 0 Å². The van der Waals surface area contributed by atoms with Crippen molar-refractivity contribution < 1.29 is 9.59 Å². The second-order valence-electron chi connectivity index (χ2n) is 7.49. The van der Waals surface area contributed by atoms with Crippen molar-refractivity contribution in [1.29, 1.82) is 0 Å². The lowest BCUT2D eigenvalue weighted by atomic mass is 10.0. The zero-order chi connectivity index (χ0) is 20.1. The summed E-state index contributed by atoms with van der Waals surface area (Å²) in [5.41, 5.74) is 1.95. The first-order chi connectivity index (χ1) is 14.2. The third-order valence-corrected chi connectivity index (χ3v) is 5.42. The largest absolute Gasteiger partial charge is 0.345 e. The summed E-state index contributed by atoms with van der Waals surface area (Å²) in [7, 11) is 0. The molecule has 0 saturated carbocycles. The topological polar surface area (TPSA) is 61.4 Å². The Balaban J connectivity index is 1.29. The molecule has 5 heteroatoms. The van der Waals surface area contributed by atoms with Gasteiger partial charge in [-0.05, 0) is 29.9 Å². The van der Waals surface area contributed by atoms with Gasteiger partial charge in [-0.15, -0.1) is 0 Å². The van der Waals surface area contributed by atoms with Crippen molar-refractivity contribution in [3.8, 4) is 0 Å². The Kier molecular flexibility index (Phi) is 5.86. The summed E-state index contributed by atoms with van der Waals surface area (Å²) in [6.45, 7) is 2.73. The van der Waals surface area contributed by atoms with Crippen molar-refractivity contribution in [2.45, 2.75) is 25.4 Å². The number of hydrogen-bond acceptors (Lipinski definition) is 3. The lowest BCUT2D eigenvalue weighted by molar-refractivity contribution is -0.136. The third kappa shape index (κ3) is 4.81. The Hall–Kier alpha value is -3.18. The van der Waals surface area contributed by atoms with Gasteiger partial charge in [0, 0.05) is 36.7 Å². The van der Waals surface area contributed by atoms with Crippen molar-refractivity contribution in [3.63, 3.8) is 0 Å². The predicted octanol–water partition coefficient (Wildman–Crippen LogP) is 3.56. The highest BCUT2D eigenvalue weighted by Crippen LogP contribution is 2.23. The summed E-state index contributed by atoms with van der Waals surface area (Å²) in [6.07, 6.45) is 1.69. The van der Waals surface area contributed by atoms with Gasteiger partial charge in [0.25, 0.3) is 0 Å². The van der Waals surface area contributed by atoms with Crippen LogP contribution in [0, 0.1) is 0 Å². The number of benzene rings is 3. The molecule has 1 heterocycles. The van der Waals surface area contributed by atoms with E-state index in [2.05, 4.69) is 39.8 Å². The molecule has 3 aromatic carbocycles. The molecule has 0 atom stereocenters. The zero-order valence-corrected chi connectivity index (χ0v) is 16.3. The number of likely N-dealkylation sites (tertiary alicyclic amines) is 1. The second-order valence-corrected chi connectivity index (χ2v) is 7.49. The molecule has 4 rings (SSSR count). The molecule has 0 radical (unpaired) electrons. The van der Waals surface area contributed by atoms with E-state index in [0.29, 0.717) is 5.69 Å². The molecule has 0 aromatic heterocycles. The fraction of sp³-hybridized carbons (Fsp3) is 0.250. The average Bonchev–Trinajstić information content (AvgIpc) is 2.76. The molecule has 3 aromatic rings. The molecule has 148 valence electrons. The van der Waals surface area contributed by atoms with Crippen LogP contribution in [0.4, 0.5) is 5.69 Å². The highest BCUT2D eigenvalue weighted by molar-refractivity contribution is 6.40. The summed E-state index contributed by atoms with van der Waals surface area (Å²) in [5.74, 6) is -1.19. The van der Waals surface area contributed by atoms with Crippen molar-refractivity contribution in [1.82, 2.24) is 10.2 Å². The fourth-order valence-electron chi connectivity index (χ4n) is 3.84. The van der Waals surface area contributed by atoms with Crippen LogP contribution in [-0.4, -0.2) is 35.8 Å². The summed E-state index contributed by atoms with van der Waals surface area (Å²) in [5, 5.41) is 7.59. The smallest absolute Gasteiger partial charge is 0.313 e. The highest BCUT2D eigenvalue weighted by atomic mass is 16.2. The van der Waals surface area contributed by atoms with Crippen LogP contribution in [0.5, 0.6) is 0 Å². The molecule has 1 aliphatic rings. The maximum atomic E-state index is 12.4. The maximum Gasteiger partial charge on any atom is 0.313 e. The van der Waals surface area contributed by atoms with Crippen molar-refractivity contribution in [2.24, 2.45) is 0 Å². The number of hydrogen-bond donors (Lipinski definition) is 2. The minimum absolute atomic E-state index is 0.0350. The maximum absolute atomic E-state index is 12.4. The molecule has 2 amide bonds. The summed E-state index contributed by atoms with van der Waals surface area (Å²) >= 11 is 0. The normalized spacial score (nSPS) is 15.2. The van der Waals surface area contributed by atoms with Gasteiger partial charge in [0.2, 0.25) is 0 Å². The number of fused-ring (bicyclic) bond motifs is 1. The number of amides is 2. The van der Waals surface area contributed by atoms with Crippen molar-refractivity contribution >= 4 is 28.3 Å². The van der Waals surface area contributed by atoms with Crippen LogP contribution in [-0.2, 0) is 16.1 Å². The van der Waals surface area contributed by atoms with E-state index in [1.165, 1.54) is 5.56 Å². The van der Waals surface area contributed by atoms with Crippen molar-refractivity contribution in [2.75, 3.05) is 18.4 Å². The lowest BCUT2D eigenvalue weighted by Crippen LogP contribution is -2.47. The molecule has 0 unspecified atom stereocenters. The molecule has 1 saturated heterocycles. The van der Waals surface area contributed by atoms with Gasteiger partial charge < -0.3 is 10.6 Å². The first-order valence-electron chi connectivity index (χ1n) is 10.0. The second kappa shape index (κ2) is 8.88. The van der Waals surface area contributed by atoms with Crippen LogP contribution in [0.1, 0.15) is 18.4 Å². The number of carbonyl (C=O) groups excluding carboxylic acids is 2. The molecule has 2 N–H and O–H groups in total. The van der Waals surface area contributed by atoms with E-state index in [1.807, 2.05) is 48.5 Å². The average molecular weight is 387 g/mol. The van der Waals surface area contributed by atoms with E-state index >= 15 is 0 Å². The first-order valence-corrected chi connectivity index (χ1v) is 10.0. The van der Waals surface area contributed by atoms with Gasteiger partial charge in [-0.3, -0.25) is 14.5 Å². The molecular weight excluding hydrogens is 362 g/mol.